The number of nitrogens with one attached hydrogen (secondary N) is 2. The number of hydrogen-bond donors (Lipinski definition) is 3. The Morgan fingerprint density at radius 2 is 1.80 bits per heavy atom. The van der Waals surface area contributed by atoms with Crippen molar-refractivity contribution in [2.24, 2.45) is 5.73 Å². The molecule has 0 aliphatic rings. The Bertz CT molecular complexity index is 522. The first-order chi connectivity index (χ1) is 8.95. The highest BCUT2D eigenvalue weighted by molar-refractivity contribution is 9.10. The zero-order valence-electron chi connectivity index (χ0n) is 10.6. The van der Waals surface area contributed by atoms with E-state index in [9.17, 15) is 13.2 Å². The minimum Gasteiger partial charge on any atom is -0.355 e. The van der Waals surface area contributed by atoms with Gasteiger partial charge in [-0.3, -0.25) is 4.79 Å². The first-order valence-electron chi connectivity index (χ1n) is 5.67. The lowest BCUT2D eigenvalue weighted by molar-refractivity contribution is -0.120. The van der Waals surface area contributed by atoms with Crippen LogP contribution in [0, 0.1) is 0 Å². The van der Waals surface area contributed by atoms with E-state index in [1.807, 2.05) is 0 Å². The van der Waals surface area contributed by atoms with E-state index in [1.165, 1.54) is 12.1 Å². The fraction of sp³-hybridized carbons (Fsp3) is 0.364. The summed E-state index contributed by atoms with van der Waals surface area (Å²) in [6.07, 6.45) is 0.0791. The van der Waals surface area contributed by atoms with Crippen LogP contribution in [0.1, 0.15) is 6.42 Å². The average molecular weight is 387 g/mol. The zero-order chi connectivity index (χ0) is 14.3. The van der Waals surface area contributed by atoms with Crippen LogP contribution >= 0.6 is 28.3 Å². The first kappa shape index (κ1) is 19.3. The van der Waals surface area contributed by atoms with E-state index in [2.05, 4.69) is 26.0 Å². The van der Waals surface area contributed by atoms with Crippen LogP contribution in [0.2, 0.25) is 0 Å². The van der Waals surface area contributed by atoms with Crippen LogP contribution in [0.3, 0.4) is 0 Å². The number of carbonyl (C=O) groups excluding carboxylic acids is 1. The SMILES string of the molecule is Cl.NCCNC(=O)CCNS(=O)(=O)c1ccc(Br)cc1. The smallest absolute Gasteiger partial charge is 0.240 e. The molecule has 0 unspecified atom stereocenters. The summed E-state index contributed by atoms with van der Waals surface area (Å²) in [7, 11) is -3.57. The minimum absolute atomic E-state index is 0. The van der Waals surface area contributed by atoms with Crippen LogP contribution in [0.5, 0.6) is 0 Å². The molecule has 0 heterocycles. The Balaban J connectivity index is 0.00000361. The average Bonchev–Trinajstić information content (AvgIpc) is 2.36. The van der Waals surface area contributed by atoms with Crippen molar-refractivity contribution in [1.82, 2.24) is 10.0 Å². The summed E-state index contributed by atoms with van der Waals surface area (Å²) in [5, 5.41) is 2.56. The molecular formula is C11H17BrClN3O3S. The summed E-state index contributed by atoms with van der Waals surface area (Å²) in [5.41, 5.74) is 5.23. The molecule has 1 aromatic carbocycles. The van der Waals surface area contributed by atoms with Gasteiger partial charge in [0.2, 0.25) is 15.9 Å². The van der Waals surface area contributed by atoms with E-state index in [0.29, 0.717) is 13.1 Å². The zero-order valence-corrected chi connectivity index (χ0v) is 13.9. The van der Waals surface area contributed by atoms with Crippen molar-refractivity contribution in [2.45, 2.75) is 11.3 Å². The lowest BCUT2D eigenvalue weighted by atomic mass is 10.4. The van der Waals surface area contributed by atoms with Gasteiger partial charge in [-0.05, 0) is 24.3 Å². The van der Waals surface area contributed by atoms with Gasteiger partial charge in [0.15, 0.2) is 0 Å². The summed E-state index contributed by atoms with van der Waals surface area (Å²) in [5.74, 6) is -0.232. The van der Waals surface area contributed by atoms with Crippen LogP contribution in [0.25, 0.3) is 0 Å². The molecule has 9 heteroatoms. The third-order valence-corrected chi connectivity index (χ3v) is 4.24. The Hall–Kier alpha value is -0.670. The summed E-state index contributed by atoms with van der Waals surface area (Å²) in [6.45, 7) is 0.795. The predicted octanol–water partition coefficient (Wildman–Crippen LogP) is 0.614. The Morgan fingerprint density at radius 1 is 1.20 bits per heavy atom. The predicted molar refractivity (Wildman–Crippen MR) is 83.3 cm³/mol. The molecule has 0 spiro atoms. The Kier molecular flexibility index (Phi) is 8.99. The third-order valence-electron chi connectivity index (χ3n) is 2.23. The summed E-state index contributed by atoms with van der Waals surface area (Å²) < 4.78 is 26.9. The number of halogens is 2. The van der Waals surface area contributed by atoms with Gasteiger partial charge in [-0.15, -0.1) is 12.4 Å². The fourth-order valence-corrected chi connectivity index (χ4v) is 2.59. The highest BCUT2D eigenvalue weighted by Crippen LogP contribution is 2.14. The number of amides is 1. The van der Waals surface area contributed by atoms with Crippen LogP contribution in [-0.4, -0.2) is 34.0 Å². The molecular weight excluding hydrogens is 370 g/mol. The van der Waals surface area contributed by atoms with Gasteiger partial charge >= 0.3 is 0 Å². The monoisotopic (exact) mass is 385 g/mol. The molecule has 0 aliphatic heterocycles. The molecule has 0 bridgehead atoms. The molecule has 0 saturated carbocycles. The van der Waals surface area contributed by atoms with E-state index >= 15 is 0 Å². The van der Waals surface area contributed by atoms with Crippen LogP contribution in [-0.2, 0) is 14.8 Å². The van der Waals surface area contributed by atoms with Gasteiger partial charge in [0, 0.05) is 30.5 Å². The second kappa shape index (κ2) is 9.30. The fourth-order valence-electron chi connectivity index (χ4n) is 1.30. The number of benzene rings is 1. The molecule has 1 aromatic rings. The molecule has 0 atom stereocenters. The number of nitrogens with two attached hydrogens (primary N) is 1. The topological polar surface area (TPSA) is 101 Å². The number of rotatable bonds is 7. The Morgan fingerprint density at radius 3 is 2.35 bits per heavy atom. The third kappa shape index (κ3) is 6.67. The van der Waals surface area contributed by atoms with Crippen LogP contribution in [0.4, 0.5) is 0 Å². The number of hydrogen-bond acceptors (Lipinski definition) is 4. The molecule has 0 saturated heterocycles. The van der Waals surface area contributed by atoms with E-state index in [0.717, 1.165) is 4.47 Å². The van der Waals surface area contributed by atoms with E-state index in [-0.39, 0.29) is 36.2 Å². The first-order valence-corrected chi connectivity index (χ1v) is 7.95. The highest BCUT2D eigenvalue weighted by Gasteiger charge is 2.13. The van der Waals surface area contributed by atoms with E-state index in [1.54, 1.807) is 12.1 Å². The highest BCUT2D eigenvalue weighted by atomic mass is 79.9. The maximum atomic E-state index is 11.9. The Labute approximate surface area is 133 Å². The quantitative estimate of drug-likeness (QED) is 0.639. The molecule has 114 valence electrons. The molecule has 4 N–H and O–H groups in total. The van der Waals surface area contributed by atoms with Crippen molar-refractivity contribution in [3.05, 3.63) is 28.7 Å². The van der Waals surface area contributed by atoms with Crippen molar-refractivity contribution >= 4 is 44.3 Å². The van der Waals surface area contributed by atoms with Gasteiger partial charge in [0.25, 0.3) is 0 Å². The van der Waals surface area contributed by atoms with Crippen LogP contribution in [0.15, 0.2) is 33.6 Å². The van der Waals surface area contributed by atoms with Gasteiger partial charge in [-0.2, -0.15) is 0 Å². The second-order valence-electron chi connectivity index (χ2n) is 3.74. The van der Waals surface area contributed by atoms with Gasteiger partial charge in [0.05, 0.1) is 4.90 Å². The standard InChI is InChI=1S/C11H16BrN3O3S.ClH/c12-9-1-3-10(4-2-9)19(17,18)15-7-5-11(16)14-8-6-13;/h1-4,15H,5-8,13H2,(H,14,16);1H. The van der Waals surface area contributed by atoms with Crippen molar-refractivity contribution in [3.8, 4) is 0 Å². The number of carbonyl (C=O) groups is 1. The molecule has 0 fully saturated rings. The van der Waals surface area contributed by atoms with Crippen molar-refractivity contribution in [3.63, 3.8) is 0 Å². The van der Waals surface area contributed by atoms with Gasteiger partial charge < -0.3 is 11.1 Å². The lowest BCUT2D eigenvalue weighted by Gasteiger charge is -2.07. The molecule has 0 aromatic heterocycles. The normalized spacial score (nSPS) is 10.7. The van der Waals surface area contributed by atoms with Crippen molar-refractivity contribution in [2.75, 3.05) is 19.6 Å². The number of sulfonamides is 1. The van der Waals surface area contributed by atoms with E-state index in [4.69, 9.17) is 5.73 Å². The second-order valence-corrected chi connectivity index (χ2v) is 6.42. The molecule has 20 heavy (non-hydrogen) atoms. The molecule has 1 amide bonds. The summed E-state index contributed by atoms with van der Waals surface area (Å²) in [6, 6.07) is 6.26. The molecule has 6 nitrogen and oxygen atoms in total. The molecule has 1 rings (SSSR count). The van der Waals surface area contributed by atoms with Gasteiger partial charge in [-0.1, -0.05) is 15.9 Å². The van der Waals surface area contributed by atoms with Crippen molar-refractivity contribution < 1.29 is 13.2 Å². The van der Waals surface area contributed by atoms with Crippen LogP contribution < -0.4 is 15.8 Å². The van der Waals surface area contributed by atoms with Gasteiger partial charge in [0.1, 0.15) is 0 Å². The maximum absolute atomic E-state index is 11.9. The lowest BCUT2D eigenvalue weighted by Crippen LogP contribution is -2.33. The minimum atomic E-state index is -3.57. The molecule has 0 aliphatic carbocycles. The van der Waals surface area contributed by atoms with Crippen molar-refractivity contribution in [1.29, 1.82) is 0 Å². The summed E-state index contributed by atoms with van der Waals surface area (Å²) in [4.78, 5) is 11.4. The largest absolute Gasteiger partial charge is 0.355 e. The molecule has 0 radical (unpaired) electrons. The van der Waals surface area contributed by atoms with Gasteiger partial charge in [-0.25, -0.2) is 13.1 Å². The maximum Gasteiger partial charge on any atom is 0.240 e. The summed E-state index contributed by atoms with van der Waals surface area (Å²) >= 11 is 3.23. The van der Waals surface area contributed by atoms with E-state index < -0.39 is 10.0 Å².